The van der Waals surface area contributed by atoms with E-state index in [2.05, 4.69) is 38.0 Å². The Morgan fingerprint density at radius 3 is 2.63 bits per heavy atom. The fourth-order valence-corrected chi connectivity index (χ4v) is 3.88. The summed E-state index contributed by atoms with van der Waals surface area (Å²) >= 11 is 0. The van der Waals surface area contributed by atoms with Gasteiger partial charge in [-0.3, -0.25) is 14.7 Å². The molecule has 0 radical (unpaired) electrons. The molecule has 27 heavy (non-hydrogen) atoms. The summed E-state index contributed by atoms with van der Waals surface area (Å²) < 4.78 is 0. The zero-order valence-electron chi connectivity index (χ0n) is 15.8. The van der Waals surface area contributed by atoms with Gasteiger partial charge in [0.25, 0.3) is 5.56 Å². The molecule has 0 amide bonds. The largest absolute Gasteiger partial charge is 0.365 e. The van der Waals surface area contributed by atoms with Crippen LogP contribution in [0.25, 0.3) is 10.9 Å². The lowest BCUT2D eigenvalue weighted by Gasteiger charge is -2.35. The first-order chi connectivity index (χ1) is 13.2. The lowest BCUT2D eigenvalue weighted by atomic mass is 10.1. The van der Waals surface area contributed by atoms with Gasteiger partial charge in [0.05, 0.1) is 5.52 Å². The molecule has 1 aromatic carbocycles. The Bertz CT molecular complexity index is 959. The van der Waals surface area contributed by atoms with Crippen LogP contribution in [-0.4, -0.2) is 47.6 Å². The maximum absolute atomic E-state index is 12.6. The van der Waals surface area contributed by atoms with Gasteiger partial charge in [-0.05, 0) is 55.6 Å². The molecule has 0 spiro atoms. The highest BCUT2D eigenvalue weighted by atomic mass is 16.1. The number of hydrogen-bond donors (Lipinski definition) is 1. The SMILES string of the molecule is Cc1cccc2cc(N3CCN(CCCc4ccncc4)CC3)c(=O)[nH]c12. The number of nitrogens with zero attached hydrogens (tertiary/aromatic N) is 3. The van der Waals surface area contributed by atoms with Gasteiger partial charge in [-0.2, -0.15) is 0 Å². The van der Waals surface area contributed by atoms with Crippen LogP contribution in [0, 0.1) is 6.92 Å². The fourth-order valence-electron chi connectivity index (χ4n) is 3.88. The number of hydrogen-bond acceptors (Lipinski definition) is 4. The Kier molecular flexibility index (Phi) is 5.21. The number of anilines is 1. The molecule has 3 heterocycles. The Morgan fingerprint density at radius 1 is 1.07 bits per heavy atom. The molecule has 1 aliphatic rings. The first-order valence-electron chi connectivity index (χ1n) is 9.69. The van der Waals surface area contributed by atoms with E-state index < -0.39 is 0 Å². The highest BCUT2D eigenvalue weighted by Crippen LogP contribution is 2.20. The van der Waals surface area contributed by atoms with Crippen molar-refractivity contribution in [1.82, 2.24) is 14.9 Å². The number of benzene rings is 1. The van der Waals surface area contributed by atoms with Crippen molar-refractivity contribution in [3.8, 4) is 0 Å². The average Bonchev–Trinajstić information content (AvgIpc) is 2.70. The quantitative estimate of drug-likeness (QED) is 0.758. The van der Waals surface area contributed by atoms with Crippen molar-refractivity contribution >= 4 is 16.6 Å². The van der Waals surface area contributed by atoms with Gasteiger partial charge in [-0.15, -0.1) is 0 Å². The van der Waals surface area contributed by atoms with Crippen molar-refractivity contribution in [2.75, 3.05) is 37.6 Å². The number of pyridine rings is 2. The molecule has 5 heteroatoms. The summed E-state index contributed by atoms with van der Waals surface area (Å²) in [4.78, 5) is 24.4. The number of para-hydroxylation sites is 1. The van der Waals surface area contributed by atoms with E-state index in [1.54, 1.807) is 0 Å². The van der Waals surface area contributed by atoms with E-state index in [-0.39, 0.29) is 5.56 Å². The maximum Gasteiger partial charge on any atom is 0.271 e. The van der Waals surface area contributed by atoms with Crippen LogP contribution in [0.5, 0.6) is 0 Å². The molecule has 2 aromatic heterocycles. The number of aromatic amines is 1. The fraction of sp³-hybridized carbons (Fsp3) is 0.364. The molecular weight excluding hydrogens is 336 g/mol. The molecule has 0 saturated carbocycles. The normalized spacial score (nSPS) is 15.4. The minimum Gasteiger partial charge on any atom is -0.365 e. The highest BCUT2D eigenvalue weighted by molar-refractivity contribution is 5.84. The molecule has 0 aliphatic carbocycles. The number of aromatic nitrogens is 2. The Hall–Kier alpha value is -2.66. The summed E-state index contributed by atoms with van der Waals surface area (Å²) in [7, 11) is 0. The predicted molar refractivity (Wildman–Crippen MR) is 111 cm³/mol. The van der Waals surface area contributed by atoms with Gasteiger partial charge in [-0.1, -0.05) is 18.2 Å². The first-order valence-corrected chi connectivity index (χ1v) is 9.69. The highest BCUT2D eigenvalue weighted by Gasteiger charge is 2.19. The molecule has 5 nitrogen and oxygen atoms in total. The van der Waals surface area contributed by atoms with Crippen LogP contribution in [0.1, 0.15) is 17.5 Å². The van der Waals surface area contributed by atoms with E-state index in [9.17, 15) is 4.79 Å². The van der Waals surface area contributed by atoms with Crippen molar-refractivity contribution in [1.29, 1.82) is 0 Å². The monoisotopic (exact) mass is 362 g/mol. The van der Waals surface area contributed by atoms with E-state index in [4.69, 9.17) is 0 Å². The zero-order chi connectivity index (χ0) is 18.6. The number of aryl methyl sites for hydroxylation is 2. The average molecular weight is 362 g/mol. The van der Waals surface area contributed by atoms with Gasteiger partial charge >= 0.3 is 0 Å². The minimum absolute atomic E-state index is 0.0166. The third-order valence-electron chi connectivity index (χ3n) is 5.47. The Labute approximate surface area is 159 Å². The molecule has 3 aromatic rings. The van der Waals surface area contributed by atoms with Gasteiger partial charge < -0.3 is 9.88 Å². The molecule has 0 atom stereocenters. The van der Waals surface area contributed by atoms with Gasteiger partial charge in [0.2, 0.25) is 0 Å². The molecule has 1 saturated heterocycles. The van der Waals surface area contributed by atoms with Crippen LogP contribution < -0.4 is 10.5 Å². The zero-order valence-corrected chi connectivity index (χ0v) is 15.8. The van der Waals surface area contributed by atoms with Crippen LogP contribution in [0.2, 0.25) is 0 Å². The predicted octanol–water partition coefficient (Wildman–Crippen LogP) is 2.99. The van der Waals surface area contributed by atoms with Crippen LogP contribution in [-0.2, 0) is 6.42 Å². The topological polar surface area (TPSA) is 52.2 Å². The Balaban J connectivity index is 1.36. The number of piperazine rings is 1. The first kappa shape index (κ1) is 17.7. The number of H-pyrrole nitrogens is 1. The summed E-state index contributed by atoms with van der Waals surface area (Å²) in [6.45, 7) is 6.93. The summed E-state index contributed by atoms with van der Waals surface area (Å²) in [5.41, 5.74) is 4.21. The van der Waals surface area contributed by atoms with E-state index in [1.807, 2.05) is 37.5 Å². The second-order valence-electron chi connectivity index (χ2n) is 7.31. The van der Waals surface area contributed by atoms with Crippen molar-refractivity contribution in [3.05, 3.63) is 70.3 Å². The molecule has 1 N–H and O–H groups in total. The number of rotatable bonds is 5. The summed E-state index contributed by atoms with van der Waals surface area (Å²) in [5, 5.41) is 1.10. The lowest BCUT2D eigenvalue weighted by Crippen LogP contribution is -2.48. The summed E-state index contributed by atoms with van der Waals surface area (Å²) in [6.07, 6.45) is 5.96. The van der Waals surface area contributed by atoms with Crippen LogP contribution in [0.3, 0.4) is 0 Å². The second-order valence-corrected chi connectivity index (χ2v) is 7.31. The van der Waals surface area contributed by atoms with Crippen LogP contribution in [0.15, 0.2) is 53.6 Å². The summed E-state index contributed by atoms with van der Waals surface area (Å²) in [6, 6.07) is 12.4. The molecule has 0 bridgehead atoms. The number of nitrogens with one attached hydrogen (secondary N) is 1. The van der Waals surface area contributed by atoms with E-state index >= 15 is 0 Å². The van der Waals surface area contributed by atoms with Crippen molar-refractivity contribution in [2.24, 2.45) is 0 Å². The van der Waals surface area contributed by atoms with Gasteiger partial charge in [0.15, 0.2) is 0 Å². The van der Waals surface area contributed by atoms with Gasteiger partial charge in [0.1, 0.15) is 5.69 Å². The van der Waals surface area contributed by atoms with Crippen molar-refractivity contribution in [2.45, 2.75) is 19.8 Å². The molecule has 0 unspecified atom stereocenters. The standard InChI is InChI=1S/C22H26N4O/c1-17-4-2-6-19-16-20(22(27)24-21(17)19)26-14-12-25(13-15-26)11-3-5-18-7-9-23-10-8-18/h2,4,6-10,16H,3,5,11-15H2,1H3,(H,24,27). The third-order valence-corrected chi connectivity index (χ3v) is 5.47. The molecule has 140 valence electrons. The second kappa shape index (κ2) is 7.92. The van der Waals surface area contributed by atoms with Crippen molar-refractivity contribution in [3.63, 3.8) is 0 Å². The number of fused-ring (bicyclic) bond motifs is 1. The molecule has 1 aliphatic heterocycles. The molecule has 4 rings (SSSR count). The third kappa shape index (κ3) is 4.03. The van der Waals surface area contributed by atoms with Gasteiger partial charge in [0, 0.05) is 44.0 Å². The van der Waals surface area contributed by atoms with Gasteiger partial charge in [-0.25, -0.2) is 0 Å². The smallest absolute Gasteiger partial charge is 0.271 e. The van der Waals surface area contributed by atoms with E-state index in [0.717, 1.165) is 67.7 Å². The summed E-state index contributed by atoms with van der Waals surface area (Å²) in [5.74, 6) is 0. The van der Waals surface area contributed by atoms with Crippen LogP contribution in [0.4, 0.5) is 5.69 Å². The van der Waals surface area contributed by atoms with Crippen molar-refractivity contribution < 1.29 is 0 Å². The van der Waals surface area contributed by atoms with E-state index in [1.165, 1.54) is 5.56 Å². The Morgan fingerprint density at radius 2 is 1.85 bits per heavy atom. The lowest BCUT2D eigenvalue weighted by molar-refractivity contribution is 0.255. The molecular formula is C22H26N4O. The minimum atomic E-state index is 0.0166. The van der Waals surface area contributed by atoms with Crippen LogP contribution >= 0.6 is 0 Å². The maximum atomic E-state index is 12.6. The van der Waals surface area contributed by atoms with E-state index in [0.29, 0.717) is 0 Å². The molecule has 1 fully saturated rings.